The van der Waals surface area contributed by atoms with Crippen LogP contribution in [-0.2, 0) is 0 Å². The lowest BCUT2D eigenvalue weighted by Crippen LogP contribution is -2.61. The van der Waals surface area contributed by atoms with Crippen molar-refractivity contribution in [1.82, 2.24) is 10.3 Å². The van der Waals surface area contributed by atoms with Gasteiger partial charge in [-0.2, -0.15) is 0 Å². The Kier molecular flexibility index (Phi) is 4.76. The average Bonchev–Trinajstić information content (AvgIpc) is 2.54. The second kappa shape index (κ2) is 6.75. The first-order chi connectivity index (χ1) is 12.0. The summed E-state index contributed by atoms with van der Waals surface area (Å²) in [6, 6.07) is 3.65. The third-order valence-electron chi connectivity index (χ3n) is 6.05. The molecule has 2 atom stereocenters. The van der Waals surface area contributed by atoms with E-state index >= 15 is 0 Å². The van der Waals surface area contributed by atoms with Gasteiger partial charge in [0.05, 0.1) is 11.2 Å². The summed E-state index contributed by atoms with van der Waals surface area (Å²) in [5.41, 5.74) is 0.150. The molecular formula is C19H25ClN2O2S. The van der Waals surface area contributed by atoms with E-state index in [1.165, 1.54) is 0 Å². The maximum atomic E-state index is 12.9. The Morgan fingerprint density at radius 3 is 2.72 bits per heavy atom. The molecule has 25 heavy (non-hydrogen) atoms. The zero-order valence-electron chi connectivity index (χ0n) is 14.5. The number of aromatic nitrogens is 1. The normalized spacial score (nSPS) is 35.8. The highest BCUT2D eigenvalue weighted by Crippen LogP contribution is 2.55. The number of hydrogen-bond donors (Lipinski definition) is 2. The second-order valence-electron chi connectivity index (χ2n) is 8.03. The van der Waals surface area contributed by atoms with E-state index in [9.17, 15) is 9.90 Å². The second-order valence-corrected chi connectivity index (χ2v) is 9.50. The summed E-state index contributed by atoms with van der Waals surface area (Å²) in [6.45, 7) is 2.11. The van der Waals surface area contributed by atoms with Crippen LogP contribution in [0.3, 0.4) is 0 Å². The first kappa shape index (κ1) is 17.6. The van der Waals surface area contributed by atoms with Crippen LogP contribution in [-0.4, -0.2) is 33.4 Å². The minimum Gasteiger partial charge on any atom is -0.390 e. The smallest absolute Gasteiger partial charge is 0.254 e. The number of pyridine rings is 1. The molecular weight excluding hydrogens is 356 g/mol. The fraction of sp³-hybridized carbons (Fsp3) is 0.684. The molecule has 4 aliphatic carbocycles. The van der Waals surface area contributed by atoms with Crippen molar-refractivity contribution < 1.29 is 9.90 Å². The standard InChI is InChI=1S/C19H25ClN2O2S/c1-2-5-25-18-14(3-4-15(20)21-18)17(23)22-16-12-6-11-7-13(16)10-19(24,8-11)9-12/h3-4,11-13,16,24H,2,5-10H2,1H3,(H,22,23)/t11?,12?,13?,16-,19+. The van der Waals surface area contributed by atoms with E-state index in [1.54, 1.807) is 23.9 Å². The zero-order chi connectivity index (χ0) is 17.6. The van der Waals surface area contributed by atoms with Gasteiger partial charge >= 0.3 is 0 Å². The summed E-state index contributed by atoms with van der Waals surface area (Å²) in [5, 5.41) is 15.1. The number of nitrogens with one attached hydrogen (secondary N) is 1. The van der Waals surface area contributed by atoms with Crippen molar-refractivity contribution in [1.29, 1.82) is 0 Å². The molecule has 4 saturated carbocycles. The van der Waals surface area contributed by atoms with Crippen LogP contribution in [0.15, 0.2) is 17.2 Å². The number of amides is 1. The van der Waals surface area contributed by atoms with Gasteiger partial charge in [0.2, 0.25) is 0 Å². The molecule has 0 aromatic carbocycles. The molecule has 4 nitrogen and oxygen atoms in total. The largest absolute Gasteiger partial charge is 0.390 e. The first-order valence-electron chi connectivity index (χ1n) is 9.30. The third-order valence-corrected chi connectivity index (χ3v) is 7.46. The molecule has 1 aromatic rings. The Morgan fingerprint density at radius 1 is 1.36 bits per heavy atom. The van der Waals surface area contributed by atoms with Gasteiger partial charge in [0.15, 0.2) is 0 Å². The maximum absolute atomic E-state index is 12.9. The highest BCUT2D eigenvalue weighted by atomic mass is 35.5. The number of nitrogens with zero attached hydrogens (tertiary/aromatic N) is 1. The van der Waals surface area contributed by atoms with Crippen molar-refractivity contribution in [3.63, 3.8) is 0 Å². The molecule has 5 rings (SSSR count). The molecule has 1 heterocycles. The Labute approximate surface area is 158 Å². The fourth-order valence-corrected chi connectivity index (χ4v) is 6.42. The summed E-state index contributed by atoms with van der Waals surface area (Å²) in [5.74, 6) is 2.33. The van der Waals surface area contributed by atoms with Gasteiger partial charge in [-0.3, -0.25) is 4.79 Å². The predicted molar refractivity (Wildman–Crippen MR) is 100 cm³/mol. The molecule has 0 aliphatic heterocycles. The van der Waals surface area contributed by atoms with Gasteiger partial charge in [0, 0.05) is 6.04 Å². The Morgan fingerprint density at radius 2 is 2.08 bits per heavy atom. The van der Waals surface area contributed by atoms with E-state index in [-0.39, 0.29) is 11.9 Å². The molecule has 0 radical (unpaired) electrons. The SMILES string of the molecule is CCCSc1nc(Cl)ccc1C(=O)N[C@H]1C2CC3CC1C[C@@](O)(C3)C2. The lowest BCUT2D eigenvalue weighted by molar-refractivity contribution is -0.136. The van der Waals surface area contributed by atoms with Crippen molar-refractivity contribution in [2.24, 2.45) is 17.8 Å². The number of halogens is 1. The average molecular weight is 381 g/mol. The van der Waals surface area contributed by atoms with Crippen LogP contribution >= 0.6 is 23.4 Å². The van der Waals surface area contributed by atoms with Crippen LogP contribution in [0.2, 0.25) is 5.15 Å². The Balaban J connectivity index is 1.51. The number of carbonyl (C=O) groups excluding carboxylic acids is 1. The lowest BCUT2D eigenvalue weighted by atomic mass is 9.52. The first-order valence-corrected chi connectivity index (χ1v) is 10.7. The van der Waals surface area contributed by atoms with Crippen molar-refractivity contribution in [2.75, 3.05) is 5.75 Å². The van der Waals surface area contributed by atoms with E-state index in [0.717, 1.165) is 44.3 Å². The van der Waals surface area contributed by atoms with Crippen LogP contribution in [0.4, 0.5) is 0 Å². The molecule has 4 aliphatic rings. The lowest BCUT2D eigenvalue weighted by Gasteiger charge is -2.58. The molecule has 136 valence electrons. The van der Waals surface area contributed by atoms with Crippen LogP contribution in [0, 0.1) is 17.8 Å². The van der Waals surface area contributed by atoms with Gasteiger partial charge in [0.25, 0.3) is 5.91 Å². The number of rotatable bonds is 5. The Hall–Kier alpha value is -0.780. The predicted octanol–water partition coefficient (Wildman–Crippen LogP) is 3.91. The molecule has 2 unspecified atom stereocenters. The molecule has 1 aromatic heterocycles. The van der Waals surface area contributed by atoms with Crippen LogP contribution in [0.25, 0.3) is 0 Å². The van der Waals surface area contributed by atoms with E-state index in [2.05, 4.69) is 17.2 Å². The highest BCUT2D eigenvalue weighted by Gasteiger charge is 2.55. The van der Waals surface area contributed by atoms with Crippen molar-refractivity contribution in [3.8, 4) is 0 Å². The van der Waals surface area contributed by atoms with E-state index in [1.807, 2.05) is 0 Å². The molecule has 0 saturated heterocycles. The fourth-order valence-electron chi connectivity index (χ4n) is 5.35. The number of carbonyl (C=O) groups is 1. The zero-order valence-corrected chi connectivity index (χ0v) is 16.1. The summed E-state index contributed by atoms with van der Waals surface area (Å²) in [4.78, 5) is 17.3. The number of aliphatic hydroxyl groups is 1. The van der Waals surface area contributed by atoms with Crippen molar-refractivity contribution in [2.45, 2.75) is 62.1 Å². The van der Waals surface area contributed by atoms with Crippen LogP contribution < -0.4 is 5.32 Å². The third kappa shape index (κ3) is 3.43. The number of thioether (sulfide) groups is 1. The molecule has 1 amide bonds. The summed E-state index contributed by atoms with van der Waals surface area (Å²) < 4.78 is 0. The van der Waals surface area contributed by atoms with Gasteiger partial charge in [-0.05, 0) is 74.2 Å². The van der Waals surface area contributed by atoms with E-state index in [0.29, 0.717) is 33.5 Å². The van der Waals surface area contributed by atoms with Gasteiger partial charge in [-0.1, -0.05) is 18.5 Å². The molecule has 2 N–H and O–H groups in total. The minimum atomic E-state index is -0.471. The van der Waals surface area contributed by atoms with Crippen LogP contribution in [0.5, 0.6) is 0 Å². The number of hydrogen-bond acceptors (Lipinski definition) is 4. The minimum absolute atomic E-state index is 0.0489. The maximum Gasteiger partial charge on any atom is 0.254 e. The molecule has 4 bridgehead atoms. The molecule has 0 spiro atoms. The summed E-state index contributed by atoms with van der Waals surface area (Å²) in [6.07, 6.45) is 5.93. The topological polar surface area (TPSA) is 62.2 Å². The van der Waals surface area contributed by atoms with Gasteiger partial charge < -0.3 is 10.4 Å². The van der Waals surface area contributed by atoms with Gasteiger partial charge in [-0.25, -0.2) is 4.98 Å². The van der Waals surface area contributed by atoms with Gasteiger partial charge in [0.1, 0.15) is 10.2 Å². The van der Waals surface area contributed by atoms with Crippen LogP contribution in [0.1, 0.15) is 55.8 Å². The van der Waals surface area contributed by atoms with Crippen molar-refractivity contribution in [3.05, 3.63) is 22.8 Å². The molecule has 6 heteroatoms. The summed E-state index contributed by atoms with van der Waals surface area (Å²) >= 11 is 7.61. The monoisotopic (exact) mass is 380 g/mol. The Bertz CT molecular complexity index is 667. The highest BCUT2D eigenvalue weighted by molar-refractivity contribution is 7.99. The van der Waals surface area contributed by atoms with E-state index in [4.69, 9.17) is 11.6 Å². The van der Waals surface area contributed by atoms with Gasteiger partial charge in [-0.15, -0.1) is 11.8 Å². The van der Waals surface area contributed by atoms with Crippen molar-refractivity contribution >= 4 is 29.3 Å². The summed E-state index contributed by atoms with van der Waals surface area (Å²) in [7, 11) is 0. The quantitative estimate of drug-likeness (QED) is 0.600. The molecule has 4 fully saturated rings. The van der Waals surface area contributed by atoms with E-state index < -0.39 is 5.60 Å².